The van der Waals surface area contributed by atoms with Crippen LogP contribution in [0.15, 0.2) is 22.7 Å². The maximum atomic E-state index is 13.0. The molecule has 1 fully saturated rings. The third kappa shape index (κ3) is 4.50. The van der Waals surface area contributed by atoms with Crippen molar-refractivity contribution < 1.29 is 9.82 Å². The Morgan fingerprint density at radius 3 is 2.52 bits per heavy atom. The van der Waals surface area contributed by atoms with Crippen molar-refractivity contribution in [3.63, 3.8) is 0 Å². The third-order valence-corrected chi connectivity index (χ3v) is 5.20. The van der Waals surface area contributed by atoms with E-state index in [0.717, 1.165) is 36.1 Å². The molecule has 0 aliphatic carbocycles. The van der Waals surface area contributed by atoms with Gasteiger partial charge >= 0.3 is 7.05 Å². The van der Waals surface area contributed by atoms with Crippen molar-refractivity contribution in [2.75, 3.05) is 18.0 Å². The minimum atomic E-state index is -0.447. The maximum absolute atomic E-state index is 13.0. The molecule has 2 rings (SSSR count). The van der Waals surface area contributed by atoms with E-state index in [9.17, 15) is 9.82 Å². The van der Waals surface area contributed by atoms with Gasteiger partial charge in [0, 0.05) is 21.5 Å². The number of amides is 1. The van der Waals surface area contributed by atoms with Crippen molar-refractivity contribution in [2.45, 2.75) is 39.6 Å². The number of hydrogen-bond donors (Lipinski definition) is 1. The predicted molar refractivity (Wildman–Crippen MR) is 99.9 cm³/mol. The Kier molecular flexibility index (Phi) is 6.54. The van der Waals surface area contributed by atoms with Crippen LogP contribution in [-0.4, -0.2) is 41.9 Å². The molecule has 1 amide bonds. The van der Waals surface area contributed by atoms with Crippen molar-refractivity contribution in [3.8, 4) is 0 Å². The van der Waals surface area contributed by atoms with E-state index in [1.54, 1.807) is 12.9 Å². The number of rotatable bonds is 4. The SMILES string of the molecule is CB(O)N1CCC(C(=O)N(c2ccc(Cl)cc2Br)C(C)C)CC1. The van der Waals surface area contributed by atoms with Gasteiger partial charge in [-0.25, -0.2) is 0 Å². The van der Waals surface area contributed by atoms with Crippen molar-refractivity contribution in [1.82, 2.24) is 4.81 Å². The molecular weight excluding hydrogens is 378 g/mol. The topological polar surface area (TPSA) is 43.8 Å². The van der Waals surface area contributed by atoms with Crippen LogP contribution < -0.4 is 4.90 Å². The molecule has 1 saturated heterocycles. The third-order valence-electron chi connectivity index (χ3n) is 4.33. The summed E-state index contributed by atoms with van der Waals surface area (Å²) in [6, 6.07) is 5.57. The fourth-order valence-electron chi connectivity index (χ4n) is 3.04. The van der Waals surface area contributed by atoms with Gasteiger partial charge in [-0.3, -0.25) is 4.79 Å². The van der Waals surface area contributed by atoms with E-state index >= 15 is 0 Å². The van der Waals surface area contributed by atoms with E-state index in [0.29, 0.717) is 5.02 Å². The van der Waals surface area contributed by atoms with E-state index < -0.39 is 7.05 Å². The van der Waals surface area contributed by atoms with Gasteiger partial charge in [0.05, 0.1) is 5.69 Å². The minimum Gasteiger partial charge on any atom is -0.437 e. The van der Waals surface area contributed by atoms with Crippen LogP contribution in [-0.2, 0) is 4.79 Å². The monoisotopic (exact) mass is 400 g/mol. The van der Waals surface area contributed by atoms with E-state index in [4.69, 9.17) is 11.6 Å². The number of nitrogens with zero attached hydrogens (tertiary/aromatic N) is 2. The maximum Gasteiger partial charge on any atom is 0.376 e. The second-order valence-electron chi connectivity index (χ2n) is 6.34. The lowest BCUT2D eigenvalue weighted by molar-refractivity contribution is -0.123. The summed E-state index contributed by atoms with van der Waals surface area (Å²) in [6.07, 6.45) is 1.55. The zero-order valence-electron chi connectivity index (χ0n) is 13.8. The molecule has 0 bridgehead atoms. The summed E-state index contributed by atoms with van der Waals surface area (Å²) in [5.41, 5.74) is 0.854. The normalized spacial score (nSPS) is 16.7. The van der Waals surface area contributed by atoms with Crippen LogP contribution in [0.4, 0.5) is 5.69 Å². The zero-order valence-corrected chi connectivity index (χ0v) is 16.1. The summed E-state index contributed by atoms with van der Waals surface area (Å²) in [5, 5.41) is 10.3. The smallest absolute Gasteiger partial charge is 0.376 e. The number of anilines is 1. The van der Waals surface area contributed by atoms with Crippen LogP contribution in [0.1, 0.15) is 26.7 Å². The molecule has 126 valence electrons. The Morgan fingerprint density at radius 2 is 2.04 bits per heavy atom. The van der Waals surface area contributed by atoms with Crippen molar-refractivity contribution in [1.29, 1.82) is 0 Å². The van der Waals surface area contributed by atoms with Gasteiger partial charge in [-0.05, 0) is 80.7 Å². The molecular formula is C16H23BBrClN2O2. The van der Waals surface area contributed by atoms with E-state index in [-0.39, 0.29) is 17.9 Å². The molecule has 0 aromatic heterocycles. The summed E-state index contributed by atoms with van der Waals surface area (Å²) in [6.45, 7) is 7.31. The molecule has 7 heteroatoms. The molecule has 1 heterocycles. The average Bonchev–Trinajstić information content (AvgIpc) is 2.49. The highest BCUT2D eigenvalue weighted by Gasteiger charge is 2.32. The second kappa shape index (κ2) is 8.01. The number of carbonyl (C=O) groups excluding carboxylic acids is 1. The molecule has 1 aliphatic heterocycles. The van der Waals surface area contributed by atoms with Gasteiger partial charge in [0.25, 0.3) is 0 Å². The van der Waals surface area contributed by atoms with E-state index in [2.05, 4.69) is 15.9 Å². The molecule has 1 aromatic carbocycles. The van der Waals surface area contributed by atoms with Crippen LogP contribution in [0.25, 0.3) is 0 Å². The van der Waals surface area contributed by atoms with Gasteiger partial charge < -0.3 is 14.7 Å². The van der Waals surface area contributed by atoms with Gasteiger partial charge in [0.15, 0.2) is 0 Å². The van der Waals surface area contributed by atoms with Gasteiger partial charge in [0.2, 0.25) is 5.91 Å². The molecule has 0 saturated carbocycles. The molecule has 0 atom stereocenters. The molecule has 0 radical (unpaired) electrons. The first-order valence-electron chi connectivity index (χ1n) is 8.01. The first-order valence-corrected chi connectivity index (χ1v) is 9.18. The number of benzene rings is 1. The summed E-state index contributed by atoms with van der Waals surface area (Å²) >= 11 is 9.53. The summed E-state index contributed by atoms with van der Waals surface area (Å²) in [5.74, 6) is 0.142. The lowest BCUT2D eigenvalue weighted by Gasteiger charge is -2.36. The lowest BCUT2D eigenvalue weighted by Crippen LogP contribution is -2.48. The minimum absolute atomic E-state index is 0.00465. The van der Waals surface area contributed by atoms with E-state index in [1.165, 1.54) is 0 Å². The molecule has 23 heavy (non-hydrogen) atoms. The molecule has 0 unspecified atom stereocenters. The number of halogens is 2. The first kappa shape index (κ1) is 18.8. The van der Waals surface area contributed by atoms with Crippen molar-refractivity contribution in [3.05, 3.63) is 27.7 Å². The average molecular weight is 402 g/mol. The van der Waals surface area contributed by atoms with Crippen LogP contribution in [0.2, 0.25) is 11.8 Å². The standard InChI is InChI=1S/C16H23BBrClN2O2/c1-11(2)21(15-5-4-13(19)10-14(15)18)16(22)12-6-8-20(9-7-12)17(3)23/h4-5,10-12,23H,6-9H2,1-3H3. The number of hydrogen-bond acceptors (Lipinski definition) is 3. The Balaban J connectivity index is 2.17. The van der Waals surface area contributed by atoms with Crippen LogP contribution in [0.3, 0.4) is 0 Å². The number of carbonyl (C=O) groups is 1. The van der Waals surface area contributed by atoms with Gasteiger partial charge in [0.1, 0.15) is 0 Å². The van der Waals surface area contributed by atoms with Crippen LogP contribution in [0.5, 0.6) is 0 Å². The van der Waals surface area contributed by atoms with Gasteiger partial charge in [-0.1, -0.05) is 11.6 Å². The Bertz CT molecular complexity index is 563. The van der Waals surface area contributed by atoms with E-state index in [1.807, 2.05) is 35.7 Å². The van der Waals surface area contributed by atoms with Gasteiger partial charge in [-0.15, -0.1) is 0 Å². The summed E-state index contributed by atoms with van der Waals surface area (Å²) in [4.78, 5) is 16.9. The Hall–Kier alpha value is -0.555. The Labute approximate surface area is 152 Å². The summed E-state index contributed by atoms with van der Waals surface area (Å²) in [7, 11) is -0.447. The summed E-state index contributed by atoms with van der Waals surface area (Å²) < 4.78 is 0.827. The largest absolute Gasteiger partial charge is 0.437 e. The first-order chi connectivity index (χ1) is 10.8. The van der Waals surface area contributed by atoms with Crippen LogP contribution in [0, 0.1) is 5.92 Å². The predicted octanol–water partition coefficient (Wildman–Crippen LogP) is 3.67. The van der Waals surface area contributed by atoms with Crippen LogP contribution >= 0.6 is 27.5 Å². The van der Waals surface area contributed by atoms with Crippen molar-refractivity contribution >= 4 is 46.2 Å². The van der Waals surface area contributed by atoms with Crippen molar-refractivity contribution in [2.24, 2.45) is 5.92 Å². The van der Waals surface area contributed by atoms with Gasteiger partial charge in [-0.2, -0.15) is 0 Å². The second-order valence-corrected chi connectivity index (χ2v) is 7.63. The number of piperidine rings is 1. The quantitative estimate of drug-likeness (QED) is 0.783. The lowest BCUT2D eigenvalue weighted by atomic mass is 9.80. The fourth-order valence-corrected chi connectivity index (χ4v) is 3.92. The Morgan fingerprint density at radius 1 is 1.43 bits per heavy atom. The highest BCUT2D eigenvalue weighted by Crippen LogP contribution is 2.33. The molecule has 1 N–H and O–H groups in total. The molecule has 4 nitrogen and oxygen atoms in total. The molecule has 1 aromatic rings. The zero-order chi connectivity index (χ0) is 17.1. The molecule has 1 aliphatic rings. The fraction of sp³-hybridized carbons (Fsp3) is 0.562. The highest BCUT2D eigenvalue weighted by atomic mass is 79.9. The molecule has 0 spiro atoms. The highest BCUT2D eigenvalue weighted by molar-refractivity contribution is 9.10.